The zero-order valence-corrected chi connectivity index (χ0v) is 11.7. The minimum atomic E-state index is -0.433. The Morgan fingerprint density at radius 1 is 1.33 bits per heavy atom. The second-order valence-electron chi connectivity index (χ2n) is 5.51. The molecule has 7 nitrogen and oxygen atoms in total. The number of benzene rings is 1. The van der Waals surface area contributed by atoms with Crippen LogP contribution in [-0.2, 0) is 5.41 Å². The van der Waals surface area contributed by atoms with Gasteiger partial charge >= 0.3 is 0 Å². The van der Waals surface area contributed by atoms with Crippen LogP contribution in [0.4, 0.5) is 5.69 Å². The molecule has 1 aliphatic heterocycles. The molecule has 0 saturated carbocycles. The van der Waals surface area contributed by atoms with Gasteiger partial charge in [0.05, 0.1) is 4.92 Å². The molecule has 1 aromatic heterocycles. The monoisotopic (exact) mass is 288 g/mol. The summed E-state index contributed by atoms with van der Waals surface area (Å²) in [6.07, 6.45) is 1.82. The number of rotatable bonds is 3. The maximum Gasteiger partial charge on any atom is 0.280 e. The van der Waals surface area contributed by atoms with Gasteiger partial charge in [-0.15, -0.1) is 0 Å². The summed E-state index contributed by atoms with van der Waals surface area (Å²) in [5.74, 6) is 0.828. The van der Waals surface area contributed by atoms with Crippen molar-refractivity contribution in [3.63, 3.8) is 0 Å². The highest BCUT2D eigenvalue weighted by Crippen LogP contribution is 2.34. The summed E-state index contributed by atoms with van der Waals surface area (Å²) in [5.41, 5.74) is 0.204. The second kappa shape index (κ2) is 5.25. The van der Waals surface area contributed by atoms with Crippen molar-refractivity contribution in [3.05, 3.63) is 40.3 Å². The van der Waals surface area contributed by atoms with E-state index in [0.717, 1.165) is 25.9 Å². The highest BCUT2D eigenvalue weighted by atomic mass is 16.6. The van der Waals surface area contributed by atoms with E-state index in [9.17, 15) is 10.1 Å². The van der Waals surface area contributed by atoms with Crippen molar-refractivity contribution < 1.29 is 9.45 Å². The normalized spacial score (nSPS) is 17.6. The summed E-state index contributed by atoms with van der Waals surface area (Å²) in [6.45, 7) is 3.89. The van der Waals surface area contributed by atoms with E-state index in [-0.39, 0.29) is 16.9 Å². The van der Waals surface area contributed by atoms with Gasteiger partial charge in [0.1, 0.15) is 5.56 Å². The second-order valence-corrected chi connectivity index (χ2v) is 5.51. The first-order valence-corrected chi connectivity index (χ1v) is 6.89. The molecule has 1 fully saturated rings. The van der Waals surface area contributed by atoms with Crippen LogP contribution in [0.2, 0.25) is 0 Å². The van der Waals surface area contributed by atoms with Gasteiger partial charge in [-0.05, 0) is 32.0 Å². The summed E-state index contributed by atoms with van der Waals surface area (Å²) < 4.78 is 5.38. The maximum atomic E-state index is 11.1. The zero-order chi connectivity index (χ0) is 14.9. The third kappa shape index (κ3) is 2.52. The van der Waals surface area contributed by atoms with E-state index in [4.69, 9.17) is 4.52 Å². The van der Waals surface area contributed by atoms with Crippen LogP contribution in [0.1, 0.15) is 25.7 Å². The van der Waals surface area contributed by atoms with Gasteiger partial charge in [-0.25, -0.2) is 0 Å². The van der Waals surface area contributed by atoms with Gasteiger partial charge in [-0.2, -0.15) is 4.98 Å². The van der Waals surface area contributed by atoms with E-state index in [1.54, 1.807) is 18.2 Å². The molecule has 0 bridgehead atoms. The third-order valence-corrected chi connectivity index (χ3v) is 3.99. The Kier molecular flexibility index (Phi) is 3.42. The first kappa shape index (κ1) is 13.7. The number of aromatic nitrogens is 2. The number of nitro benzene ring substituents is 1. The quantitative estimate of drug-likeness (QED) is 0.688. The lowest BCUT2D eigenvalue weighted by Crippen LogP contribution is -2.37. The van der Waals surface area contributed by atoms with Gasteiger partial charge in [-0.3, -0.25) is 10.1 Å². The van der Waals surface area contributed by atoms with E-state index < -0.39 is 4.92 Å². The van der Waals surface area contributed by atoms with Crippen LogP contribution < -0.4 is 5.32 Å². The topological polar surface area (TPSA) is 94.1 Å². The summed E-state index contributed by atoms with van der Waals surface area (Å²) >= 11 is 0. The fraction of sp³-hybridized carbons (Fsp3) is 0.429. The van der Waals surface area contributed by atoms with Crippen molar-refractivity contribution in [1.82, 2.24) is 15.5 Å². The summed E-state index contributed by atoms with van der Waals surface area (Å²) in [6, 6.07) is 6.43. The van der Waals surface area contributed by atoms with Crippen LogP contribution in [0.25, 0.3) is 11.4 Å². The Balaban J connectivity index is 1.97. The van der Waals surface area contributed by atoms with Gasteiger partial charge in [-0.1, -0.05) is 24.2 Å². The first-order chi connectivity index (χ1) is 10.1. The van der Waals surface area contributed by atoms with Crippen molar-refractivity contribution in [1.29, 1.82) is 0 Å². The molecule has 1 saturated heterocycles. The minimum Gasteiger partial charge on any atom is -0.338 e. The number of hydrogen-bond donors (Lipinski definition) is 1. The average molecular weight is 288 g/mol. The predicted molar refractivity (Wildman–Crippen MR) is 75.8 cm³/mol. The average Bonchev–Trinajstić information content (AvgIpc) is 2.98. The Morgan fingerprint density at radius 3 is 2.76 bits per heavy atom. The van der Waals surface area contributed by atoms with Crippen LogP contribution in [0, 0.1) is 10.1 Å². The third-order valence-electron chi connectivity index (χ3n) is 3.99. The molecule has 1 aromatic carbocycles. The van der Waals surface area contributed by atoms with E-state index in [2.05, 4.69) is 22.4 Å². The molecular weight excluding hydrogens is 272 g/mol. The van der Waals surface area contributed by atoms with E-state index in [1.807, 2.05) is 0 Å². The van der Waals surface area contributed by atoms with Crippen LogP contribution in [0.5, 0.6) is 0 Å². The Morgan fingerprint density at radius 2 is 2.05 bits per heavy atom. The highest BCUT2D eigenvalue weighted by molar-refractivity contribution is 5.67. The highest BCUT2D eigenvalue weighted by Gasteiger charge is 2.35. The molecule has 1 aliphatic rings. The number of nitro groups is 1. The molecule has 0 aliphatic carbocycles. The van der Waals surface area contributed by atoms with Gasteiger partial charge < -0.3 is 9.84 Å². The number of para-hydroxylation sites is 1. The summed E-state index contributed by atoms with van der Waals surface area (Å²) in [4.78, 5) is 15.1. The van der Waals surface area contributed by atoms with E-state index >= 15 is 0 Å². The number of nitrogens with one attached hydrogen (secondary N) is 1. The van der Waals surface area contributed by atoms with Gasteiger partial charge in [0, 0.05) is 11.5 Å². The Bertz CT molecular complexity index is 662. The van der Waals surface area contributed by atoms with Gasteiger partial charge in [0.25, 0.3) is 5.69 Å². The molecule has 21 heavy (non-hydrogen) atoms. The van der Waals surface area contributed by atoms with Crippen molar-refractivity contribution in [2.45, 2.75) is 25.2 Å². The summed E-state index contributed by atoms with van der Waals surface area (Å²) in [5, 5.41) is 18.3. The van der Waals surface area contributed by atoms with Crippen molar-refractivity contribution >= 4 is 5.69 Å². The number of piperidine rings is 1. The van der Waals surface area contributed by atoms with Gasteiger partial charge in [0.2, 0.25) is 11.7 Å². The van der Waals surface area contributed by atoms with E-state index in [0.29, 0.717) is 11.5 Å². The molecule has 0 spiro atoms. The molecule has 110 valence electrons. The van der Waals surface area contributed by atoms with E-state index in [1.165, 1.54) is 6.07 Å². The largest absolute Gasteiger partial charge is 0.338 e. The molecule has 0 unspecified atom stereocenters. The lowest BCUT2D eigenvalue weighted by Gasteiger charge is -2.30. The molecular formula is C14H16N4O3. The fourth-order valence-corrected chi connectivity index (χ4v) is 2.59. The summed E-state index contributed by atoms with van der Waals surface area (Å²) in [7, 11) is 0. The van der Waals surface area contributed by atoms with Crippen molar-refractivity contribution in [2.24, 2.45) is 0 Å². The van der Waals surface area contributed by atoms with Crippen LogP contribution in [-0.4, -0.2) is 28.2 Å². The molecule has 2 aromatic rings. The van der Waals surface area contributed by atoms with Gasteiger partial charge in [0.15, 0.2) is 0 Å². The maximum absolute atomic E-state index is 11.1. The fourth-order valence-electron chi connectivity index (χ4n) is 2.59. The lowest BCUT2D eigenvalue weighted by atomic mass is 9.81. The molecule has 1 N–H and O–H groups in total. The van der Waals surface area contributed by atoms with Crippen molar-refractivity contribution in [2.75, 3.05) is 13.1 Å². The SMILES string of the molecule is CC1(c2nc(-c3ccccc3[N+](=O)[O-])no2)CCNCC1. The van der Waals surface area contributed by atoms with Crippen LogP contribution >= 0.6 is 0 Å². The molecule has 7 heteroatoms. The number of nitrogens with zero attached hydrogens (tertiary/aromatic N) is 3. The molecule has 0 atom stereocenters. The molecule has 2 heterocycles. The minimum absolute atomic E-state index is 0.0136. The Labute approximate surface area is 121 Å². The Hall–Kier alpha value is -2.28. The molecule has 0 amide bonds. The lowest BCUT2D eigenvalue weighted by molar-refractivity contribution is -0.384. The molecule has 3 rings (SSSR count). The van der Waals surface area contributed by atoms with Crippen molar-refractivity contribution in [3.8, 4) is 11.4 Å². The smallest absolute Gasteiger partial charge is 0.280 e. The zero-order valence-electron chi connectivity index (χ0n) is 11.7. The standard InChI is InChI=1S/C14H16N4O3/c1-14(6-8-15-9-7-14)13-16-12(17-21-13)10-4-2-3-5-11(10)18(19)20/h2-5,15H,6-9H2,1H3. The first-order valence-electron chi connectivity index (χ1n) is 6.89. The predicted octanol–water partition coefficient (Wildman–Crippen LogP) is 2.29. The molecule has 0 radical (unpaired) electrons. The number of hydrogen-bond acceptors (Lipinski definition) is 6. The van der Waals surface area contributed by atoms with Crippen LogP contribution in [0.3, 0.4) is 0 Å². The van der Waals surface area contributed by atoms with Crippen LogP contribution in [0.15, 0.2) is 28.8 Å².